The molecule has 90 valence electrons. The van der Waals surface area contributed by atoms with Gasteiger partial charge in [-0.25, -0.2) is 9.66 Å². The van der Waals surface area contributed by atoms with E-state index in [0.29, 0.717) is 11.1 Å². The van der Waals surface area contributed by atoms with Crippen molar-refractivity contribution in [2.24, 2.45) is 0 Å². The monoisotopic (exact) mass is 268 g/mol. The van der Waals surface area contributed by atoms with E-state index in [1.165, 1.54) is 40.8 Å². The van der Waals surface area contributed by atoms with Crippen LogP contribution in [-0.2, 0) is 6.42 Å². The summed E-state index contributed by atoms with van der Waals surface area (Å²) in [6, 6.07) is 0. The number of aromatic nitrogens is 5. The third-order valence-corrected chi connectivity index (χ3v) is 4.32. The van der Waals surface area contributed by atoms with E-state index < -0.39 is 0 Å². The molecular formula is C9H12N6S2. The fourth-order valence-corrected chi connectivity index (χ4v) is 3.03. The number of aryl methyl sites for hydroxylation is 1. The average molecular weight is 268 g/mol. The van der Waals surface area contributed by atoms with Gasteiger partial charge in [0.25, 0.3) is 0 Å². The van der Waals surface area contributed by atoms with Crippen LogP contribution in [0.1, 0.15) is 37.3 Å². The lowest BCUT2D eigenvalue weighted by Gasteiger charge is -1.98. The summed E-state index contributed by atoms with van der Waals surface area (Å²) < 4.78 is 6.74. The second-order valence-corrected chi connectivity index (χ2v) is 5.88. The van der Waals surface area contributed by atoms with E-state index in [2.05, 4.69) is 19.6 Å². The molecule has 0 aliphatic heterocycles. The number of nitrogen functional groups attached to an aromatic ring is 1. The van der Waals surface area contributed by atoms with E-state index in [1.54, 1.807) is 0 Å². The molecule has 6 nitrogen and oxygen atoms in total. The van der Waals surface area contributed by atoms with Gasteiger partial charge in [0.2, 0.25) is 5.16 Å². The molecule has 1 fully saturated rings. The van der Waals surface area contributed by atoms with Crippen LogP contribution < -0.4 is 5.84 Å². The summed E-state index contributed by atoms with van der Waals surface area (Å²) in [5, 5.41) is 8.72. The van der Waals surface area contributed by atoms with Crippen LogP contribution >= 0.6 is 23.3 Å². The predicted octanol–water partition coefficient (Wildman–Crippen LogP) is 1.43. The Balaban J connectivity index is 1.78. The predicted molar refractivity (Wildman–Crippen MR) is 65.6 cm³/mol. The van der Waals surface area contributed by atoms with E-state index in [0.717, 1.165) is 22.4 Å². The molecule has 0 amide bonds. The average Bonchev–Trinajstić information content (AvgIpc) is 2.99. The van der Waals surface area contributed by atoms with Crippen molar-refractivity contribution >= 4 is 23.3 Å². The first-order valence-corrected chi connectivity index (χ1v) is 7.07. The maximum atomic E-state index is 5.87. The van der Waals surface area contributed by atoms with E-state index in [9.17, 15) is 0 Å². The smallest absolute Gasteiger partial charge is 0.216 e. The Morgan fingerprint density at radius 1 is 1.47 bits per heavy atom. The van der Waals surface area contributed by atoms with Crippen molar-refractivity contribution in [3.63, 3.8) is 0 Å². The zero-order valence-corrected chi connectivity index (χ0v) is 11.0. The second kappa shape index (κ2) is 4.26. The molecular weight excluding hydrogens is 256 g/mol. The highest BCUT2D eigenvalue weighted by molar-refractivity contribution is 8.00. The molecule has 2 aromatic heterocycles. The highest BCUT2D eigenvalue weighted by atomic mass is 32.2. The van der Waals surface area contributed by atoms with Crippen LogP contribution in [-0.4, -0.2) is 24.2 Å². The molecule has 0 unspecified atom stereocenters. The molecule has 0 radical (unpaired) electrons. The molecule has 0 bridgehead atoms. The van der Waals surface area contributed by atoms with Crippen molar-refractivity contribution in [2.75, 3.05) is 5.84 Å². The molecule has 3 rings (SSSR count). The van der Waals surface area contributed by atoms with Crippen LogP contribution in [0, 0.1) is 0 Å². The van der Waals surface area contributed by atoms with Crippen molar-refractivity contribution < 1.29 is 0 Å². The van der Waals surface area contributed by atoms with Gasteiger partial charge >= 0.3 is 0 Å². The fraction of sp³-hybridized carbons (Fsp3) is 0.556. The van der Waals surface area contributed by atoms with Crippen molar-refractivity contribution in [1.82, 2.24) is 24.2 Å². The fourth-order valence-electron chi connectivity index (χ4n) is 1.46. The van der Waals surface area contributed by atoms with E-state index in [-0.39, 0.29) is 0 Å². The minimum absolute atomic E-state index is 0.586. The molecule has 0 spiro atoms. The van der Waals surface area contributed by atoms with Crippen LogP contribution in [0.15, 0.2) is 9.50 Å². The minimum Gasteiger partial charge on any atom is -0.336 e. The summed E-state index contributed by atoms with van der Waals surface area (Å²) in [7, 11) is 0. The number of nitrogens with zero attached hydrogens (tertiary/aromatic N) is 5. The molecule has 2 heterocycles. The molecule has 8 heteroatoms. The van der Waals surface area contributed by atoms with E-state index in [1.807, 2.05) is 6.92 Å². The Hall–Kier alpha value is -1.15. The number of hydrogen-bond acceptors (Lipinski definition) is 7. The highest BCUT2D eigenvalue weighted by Gasteiger charge is 2.28. The van der Waals surface area contributed by atoms with Gasteiger partial charge in [-0.2, -0.15) is 4.37 Å². The first-order chi connectivity index (χ1) is 8.28. The Morgan fingerprint density at radius 2 is 2.29 bits per heavy atom. The van der Waals surface area contributed by atoms with E-state index in [4.69, 9.17) is 5.84 Å². The van der Waals surface area contributed by atoms with Gasteiger partial charge in [-0.1, -0.05) is 6.92 Å². The normalized spacial score (nSPS) is 15.4. The lowest BCUT2D eigenvalue weighted by Crippen LogP contribution is -2.13. The van der Waals surface area contributed by atoms with Gasteiger partial charge in [0.1, 0.15) is 5.82 Å². The van der Waals surface area contributed by atoms with Gasteiger partial charge in [0.05, 0.1) is 0 Å². The largest absolute Gasteiger partial charge is 0.336 e. The van der Waals surface area contributed by atoms with Crippen molar-refractivity contribution in [2.45, 2.75) is 41.6 Å². The molecule has 2 N–H and O–H groups in total. The summed E-state index contributed by atoms with van der Waals surface area (Å²) >= 11 is 2.83. The minimum atomic E-state index is 0.586. The van der Waals surface area contributed by atoms with Crippen LogP contribution in [0.5, 0.6) is 0 Å². The maximum absolute atomic E-state index is 5.87. The maximum Gasteiger partial charge on any atom is 0.216 e. The van der Waals surface area contributed by atoms with Gasteiger partial charge in [-0.05, 0) is 36.1 Å². The lowest BCUT2D eigenvalue weighted by atomic mass is 10.4. The van der Waals surface area contributed by atoms with Crippen LogP contribution in [0.25, 0.3) is 0 Å². The van der Waals surface area contributed by atoms with Gasteiger partial charge in [0, 0.05) is 12.3 Å². The molecule has 0 aromatic carbocycles. The summed E-state index contributed by atoms with van der Waals surface area (Å²) in [4.78, 5) is 4.48. The molecule has 1 saturated carbocycles. The molecule has 1 aliphatic carbocycles. The summed E-state index contributed by atoms with van der Waals surface area (Å²) in [5.41, 5.74) is 0. The molecule has 0 atom stereocenters. The summed E-state index contributed by atoms with van der Waals surface area (Å²) in [6.45, 7) is 2.00. The van der Waals surface area contributed by atoms with Gasteiger partial charge in [-0.15, -0.1) is 10.2 Å². The standard InChI is InChI=1S/C9H12N6S2/c1-2-6-12-13-8(15(6)10)16-9-11-7(14-17-9)5-3-4-5/h5H,2-4,10H2,1H3. The molecule has 17 heavy (non-hydrogen) atoms. The zero-order valence-electron chi connectivity index (χ0n) is 9.33. The SMILES string of the molecule is CCc1nnc(Sc2nc(C3CC3)ns2)n1N. The Kier molecular flexibility index (Phi) is 2.75. The molecule has 1 aliphatic rings. The topological polar surface area (TPSA) is 82.5 Å². The first-order valence-electron chi connectivity index (χ1n) is 5.48. The Labute approximate surface area is 107 Å². The van der Waals surface area contributed by atoms with Gasteiger partial charge in [0.15, 0.2) is 10.2 Å². The summed E-state index contributed by atoms with van der Waals surface area (Å²) in [6.07, 6.45) is 3.20. The third kappa shape index (κ3) is 2.14. The number of hydrogen-bond donors (Lipinski definition) is 1. The van der Waals surface area contributed by atoms with E-state index >= 15 is 0 Å². The van der Waals surface area contributed by atoms with Crippen LogP contribution in [0.4, 0.5) is 0 Å². The number of rotatable bonds is 4. The van der Waals surface area contributed by atoms with Gasteiger partial charge in [-0.3, -0.25) is 0 Å². The van der Waals surface area contributed by atoms with Gasteiger partial charge < -0.3 is 5.84 Å². The first kappa shape index (κ1) is 11.0. The Bertz CT molecular complexity index is 529. The quantitative estimate of drug-likeness (QED) is 0.845. The zero-order chi connectivity index (χ0) is 11.8. The van der Waals surface area contributed by atoms with Crippen molar-refractivity contribution in [1.29, 1.82) is 0 Å². The lowest BCUT2D eigenvalue weighted by molar-refractivity contribution is 0.795. The molecule has 0 saturated heterocycles. The van der Waals surface area contributed by atoms with Crippen molar-refractivity contribution in [3.8, 4) is 0 Å². The number of nitrogens with two attached hydrogens (primary N) is 1. The summed E-state index contributed by atoms with van der Waals surface area (Å²) in [5.74, 6) is 8.20. The third-order valence-electron chi connectivity index (χ3n) is 2.60. The Morgan fingerprint density at radius 3 is 2.94 bits per heavy atom. The highest BCUT2D eigenvalue weighted by Crippen LogP contribution is 2.40. The van der Waals surface area contributed by atoms with Crippen molar-refractivity contribution in [3.05, 3.63) is 11.6 Å². The van der Waals surface area contributed by atoms with Crippen LogP contribution in [0.3, 0.4) is 0 Å². The molecule has 2 aromatic rings. The van der Waals surface area contributed by atoms with Crippen LogP contribution in [0.2, 0.25) is 0 Å². The second-order valence-electron chi connectivity index (χ2n) is 3.92.